The molecule has 0 aliphatic rings. The number of hydrogen-bond acceptors (Lipinski definition) is 5. The quantitative estimate of drug-likeness (QED) is 0.696. The van der Waals surface area contributed by atoms with Crippen LogP contribution < -0.4 is 5.32 Å². The van der Waals surface area contributed by atoms with Gasteiger partial charge in [-0.25, -0.2) is 9.97 Å². The van der Waals surface area contributed by atoms with Crippen LogP contribution in [0, 0.1) is 0 Å². The Hall–Kier alpha value is -3.00. The van der Waals surface area contributed by atoms with Crippen LogP contribution in [0.2, 0.25) is 0 Å². The number of benzene rings is 1. The molecule has 140 valence electrons. The summed E-state index contributed by atoms with van der Waals surface area (Å²) in [6.45, 7) is 0.785. The molecule has 1 aromatic carbocycles. The number of rotatable bonds is 6. The van der Waals surface area contributed by atoms with Crippen molar-refractivity contribution in [3.8, 4) is 11.4 Å². The van der Waals surface area contributed by atoms with Gasteiger partial charge in [0.15, 0.2) is 11.5 Å². The number of anilines is 1. The van der Waals surface area contributed by atoms with Gasteiger partial charge in [-0.15, -0.1) is 0 Å². The summed E-state index contributed by atoms with van der Waals surface area (Å²) in [6, 6.07) is 11.6. The van der Waals surface area contributed by atoms with Crippen molar-refractivity contribution in [1.82, 2.24) is 15.0 Å². The third-order valence-electron chi connectivity index (χ3n) is 3.73. The Kier molecular flexibility index (Phi) is 5.66. The molecular formula is C19H17F3N4O. The van der Waals surface area contributed by atoms with E-state index in [0.717, 1.165) is 17.2 Å². The summed E-state index contributed by atoms with van der Waals surface area (Å²) in [5.41, 5.74) is 1.34. The molecular weight excluding hydrogens is 357 g/mol. The molecule has 0 amide bonds. The molecule has 2 aromatic heterocycles. The minimum atomic E-state index is -4.57. The van der Waals surface area contributed by atoms with Crippen LogP contribution in [-0.4, -0.2) is 22.1 Å². The third kappa shape index (κ3) is 5.01. The second kappa shape index (κ2) is 8.13. The normalized spacial score (nSPS) is 11.4. The van der Waals surface area contributed by atoms with Gasteiger partial charge >= 0.3 is 6.18 Å². The zero-order chi connectivity index (χ0) is 19.3. The average molecular weight is 374 g/mol. The Bertz CT molecular complexity index is 901. The first-order valence-corrected chi connectivity index (χ1v) is 8.13. The smallest absolute Gasteiger partial charge is 0.380 e. The van der Waals surface area contributed by atoms with E-state index in [9.17, 15) is 13.2 Å². The average Bonchev–Trinajstić information content (AvgIpc) is 2.67. The number of hydrogen-bond donors (Lipinski definition) is 1. The van der Waals surface area contributed by atoms with Crippen molar-refractivity contribution in [1.29, 1.82) is 0 Å². The van der Waals surface area contributed by atoms with Gasteiger partial charge in [0.05, 0.1) is 6.61 Å². The standard InChI is InChI=1S/C19H17F3N4O/c1-27-12-14-4-2-3-13(9-14)11-24-17-10-16(19(20,21)22)25-18(26-17)15-5-7-23-8-6-15/h2-10H,11-12H2,1H3,(H,24,25,26). The van der Waals surface area contributed by atoms with E-state index in [0.29, 0.717) is 18.7 Å². The molecule has 0 atom stereocenters. The number of ether oxygens (including phenoxy) is 1. The van der Waals surface area contributed by atoms with Gasteiger partial charge in [0.25, 0.3) is 0 Å². The predicted octanol–water partition coefficient (Wildman–Crippen LogP) is 4.32. The van der Waals surface area contributed by atoms with Gasteiger partial charge in [0.1, 0.15) is 5.82 Å². The Balaban J connectivity index is 1.87. The van der Waals surface area contributed by atoms with Crippen LogP contribution >= 0.6 is 0 Å². The maximum atomic E-state index is 13.2. The minimum absolute atomic E-state index is 0.0112. The van der Waals surface area contributed by atoms with Crippen LogP contribution in [0.4, 0.5) is 19.0 Å². The zero-order valence-corrected chi connectivity index (χ0v) is 14.5. The molecule has 5 nitrogen and oxygen atoms in total. The summed E-state index contributed by atoms with van der Waals surface area (Å²) in [5.74, 6) is 0.0872. The van der Waals surface area contributed by atoms with Gasteiger partial charge < -0.3 is 10.1 Å². The molecule has 0 aliphatic carbocycles. The van der Waals surface area contributed by atoms with E-state index in [1.807, 2.05) is 24.3 Å². The highest BCUT2D eigenvalue weighted by molar-refractivity contribution is 5.57. The van der Waals surface area contributed by atoms with Gasteiger partial charge in [-0.3, -0.25) is 4.98 Å². The molecule has 0 bridgehead atoms. The Morgan fingerprint density at radius 3 is 2.44 bits per heavy atom. The number of pyridine rings is 1. The second-order valence-electron chi connectivity index (χ2n) is 5.80. The monoisotopic (exact) mass is 374 g/mol. The molecule has 0 fully saturated rings. The van der Waals surface area contributed by atoms with Crippen molar-refractivity contribution in [3.63, 3.8) is 0 Å². The summed E-state index contributed by atoms with van der Waals surface area (Å²) < 4.78 is 44.8. The lowest BCUT2D eigenvalue weighted by Gasteiger charge is -2.12. The van der Waals surface area contributed by atoms with Crippen molar-refractivity contribution >= 4 is 5.82 Å². The number of methoxy groups -OCH3 is 1. The fourth-order valence-corrected chi connectivity index (χ4v) is 2.50. The van der Waals surface area contributed by atoms with Crippen LogP contribution in [0.25, 0.3) is 11.4 Å². The third-order valence-corrected chi connectivity index (χ3v) is 3.73. The predicted molar refractivity (Wildman–Crippen MR) is 94.7 cm³/mol. The number of halogens is 3. The molecule has 0 spiro atoms. The van der Waals surface area contributed by atoms with E-state index in [1.165, 1.54) is 12.4 Å². The summed E-state index contributed by atoms with van der Waals surface area (Å²) in [7, 11) is 1.60. The van der Waals surface area contributed by atoms with E-state index in [4.69, 9.17) is 4.74 Å². The van der Waals surface area contributed by atoms with E-state index in [-0.39, 0.29) is 11.6 Å². The van der Waals surface area contributed by atoms with E-state index < -0.39 is 11.9 Å². The van der Waals surface area contributed by atoms with Crippen LogP contribution in [0.1, 0.15) is 16.8 Å². The highest BCUT2D eigenvalue weighted by Gasteiger charge is 2.33. The molecule has 0 radical (unpaired) electrons. The molecule has 3 rings (SSSR count). The highest BCUT2D eigenvalue weighted by Crippen LogP contribution is 2.30. The largest absolute Gasteiger partial charge is 0.433 e. The van der Waals surface area contributed by atoms with Crippen LogP contribution in [-0.2, 0) is 24.1 Å². The van der Waals surface area contributed by atoms with E-state index in [2.05, 4.69) is 20.3 Å². The zero-order valence-electron chi connectivity index (χ0n) is 14.5. The molecule has 8 heteroatoms. The number of nitrogens with one attached hydrogen (secondary N) is 1. The van der Waals surface area contributed by atoms with Crippen LogP contribution in [0.15, 0.2) is 54.9 Å². The minimum Gasteiger partial charge on any atom is -0.380 e. The van der Waals surface area contributed by atoms with Crippen molar-refractivity contribution in [2.45, 2.75) is 19.3 Å². The fourth-order valence-electron chi connectivity index (χ4n) is 2.50. The molecule has 2 heterocycles. The molecule has 0 aliphatic heterocycles. The van der Waals surface area contributed by atoms with E-state index in [1.54, 1.807) is 19.2 Å². The fraction of sp³-hybridized carbons (Fsp3) is 0.211. The topological polar surface area (TPSA) is 59.9 Å². The summed E-state index contributed by atoms with van der Waals surface area (Å²) in [5, 5.41) is 2.95. The SMILES string of the molecule is COCc1cccc(CNc2cc(C(F)(F)F)nc(-c3ccncc3)n2)c1. The van der Waals surface area contributed by atoms with Gasteiger partial charge in [-0.1, -0.05) is 24.3 Å². The molecule has 27 heavy (non-hydrogen) atoms. The Labute approximate surface area is 154 Å². The van der Waals surface area contributed by atoms with Crippen LogP contribution in [0.5, 0.6) is 0 Å². The lowest BCUT2D eigenvalue weighted by atomic mass is 10.1. The molecule has 0 saturated carbocycles. The van der Waals surface area contributed by atoms with Gasteiger partial charge in [-0.05, 0) is 23.3 Å². The second-order valence-corrected chi connectivity index (χ2v) is 5.80. The molecule has 0 saturated heterocycles. The number of aromatic nitrogens is 3. The lowest BCUT2D eigenvalue weighted by molar-refractivity contribution is -0.141. The maximum Gasteiger partial charge on any atom is 0.433 e. The van der Waals surface area contributed by atoms with E-state index >= 15 is 0 Å². The maximum absolute atomic E-state index is 13.2. The first kappa shape index (κ1) is 18.8. The molecule has 0 unspecified atom stereocenters. The highest BCUT2D eigenvalue weighted by atomic mass is 19.4. The van der Waals surface area contributed by atoms with Crippen LogP contribution in [0.3, 0.4) is 0 Å². The van der Waals surface area contributed by atoms with Gasteiger partial charge in [0.2, 0.25) is 0 Å². The number of nitrogens with zero attached hydrogens (tertiary/aromatic N) is 3. The number of alkyl halides is 3. The van der Waals surface area contributed by atoms with Gasteiger partial charge in [-0.2, -0.15) is 13.2 Å². The van der Waals surface area contributed by atoms with Crippen molar-refractivity contribution in [2.75, 3.05) is 12.4 Å². The summed E-state index contributed by atoms with van der Waals surface area (Å²) in [4.78, 5) is 11.7. The first-order chi connectivity index (χ1) is 13.0. The molecule has 3 aromatic rings. The molecule has 1 N–H and O–H groups in total. The summed E-state index contributed by atoms with van der Waals surface area (Å²) >= 11 is 0. The van der Waals surface area contributed by atoms with Gasteiger partial charge in [0, 0.05) is 37.7 Å². The Morgan fingerprint density at radius 2 is 1.74 bits per heavy atom. The van der Waals surface area contributed by atoms with Crippen molar-refractivity contribution < 1.29 is 17.9 Å². The summed E-state index contributed by atoms with van der Waals surface area (Å²) in [6.07, 6.45) is -1.61. The Morgan fingerprint density at radius 1 is 1.00 bits per heavy atom. The van der Waals surface area contributed by atoms with Crippen molar-refractivity contribution in [3.05, 3.63) is 71.7 Å². The van der Waals surface area contributed by atoms with Crippen molar-refractivity contribution in [2.24, 2.45) is 0 Å². The lowest BCUT2D eigenvalue weighted by Crippen LogP contribution is -2.12. The first-order valence-electron chi connectivity index (χ1n) is 8.13.